The number of aryl methyl sites for hydroxylation is 1. The second kappa shape index (κ2) is 39.2. The van der Waals surface area contributed by atoms with E-state index in [0.29, 0.717) is 76.8 Å². The van der Waals surface area contributed by atoms with Gasteiger partial charge in [-0.25, -0.2) is 57.1 Å². The van der Waals surface area contributed by atoms with Crippen molar-refractivity contribution < 1.29 is 189 Å². The Kier molecular flexibility index (Phi) is 33.0. The number of carbonyl (C=O) groups excluding carboxylic acids is 3. The Morgan fingerprint density at radius 2 is 0.970 bits per heavy atom. The van der Waals surface area contributed by atoms with Gasteiger partial charge in [-0.05, 0) is 157 Å². The van der Waals surface area contributed by atoms with Crippen LogP contribution in [-0.4, -0.2) is 108 Å². The van der Waals surface area contributed by atoms with Gasteiger partial charge in [0, 0.05) is 80.2 Å². The molecule has 0 atom stereocenters. The van der Waals surface area contributed by atoms with E-state index in [1.807, 2.05) is 9.13 Å². The molecule has 10 rings (SSSR count). The molecule has 0 radical (unpaired) electrons. The van der Waals surface area contributed by atoms with E-state index in [-0.39, 0.29) is 205 Å². The van der Waals surface area contributed by atoms with Crippen LogP contribution in [0.5, 0.6) is 11.8 Å². The summed E-state index contributed by atoms with van der Waals surface area (Å²) >= 11 is 5.69. The Morgan fingerprint density at radius 1 is 0.570 bits per heavy atom. The van der Waals surface area contributed by atoms with Gasteiger partial charge in [-0.15, -0.1) is 0 Å². The third kappa shape index (κ3) is 24.6. The van der Waals surface area contributed by atoms with E-state index in [4.69, 9.17) is 55.1 Å². The smallest absolute Gasteiger partial charge is 1.00 e. The molecule has 0 saturated carbocycles. The van der Waals surface area contributed by atoms with Crippen molar-refractivity contribution in [3.63, 3.8) is 0 Å². The number of imidazole rings is 2. The van der Waals surface area contributed by atoms with E-state index in [1.54, 1.807) is 143 Å². The fraction of sp³-hybridized carbons (Fsp3) is 0.300. The Morgan fingerprint density at radius 3 is 1.34 bits per heavy atom. The van der Waals surface area contributed by atoms with Crippen LogP contribution in [0.25, 0.3) is 44.6 Å². The van der Waals surface area contributed by atoms with Gasteiger partial charge >= 0.3 is 115 Å². The van der Waals surface area contributed by atoms with Crippen molar-refractivity contribution in [1.29, 1.82) is 0 Å². The third-order valence-corrected chi connectivity index (χ3v) is 13.9. The van der Waals surface area contributed by atoms with Gasteiger partial charge in [0.05, 0.1) is 57.8 Å². The second-order valence-electron chi connectivity index (χ2n) is 24.0. The zero-order valence-corrected chi connectivity index (χ0v) is 64.5. The van der Waals surface area contributed by atoms with E-state index in [0.717, 1.165) is 24.3 Å². The summed E-state index contributed by atoms with van der Waals surface area (Å²) < 4.78 is 126. The minimum atomic E-state index is -0.776. The second-order valence-corrected chi connectivity index (χ2v) is 24.4. The quantitative estimate of drug-likeness (QED) is 0.0143. The first-order valence-electron chi connectivity index (χ1n) is 30.4. The van der Waals surface area contributed by atoms with Crippen LogP contribution >= 0.6 is 11.6 Å². The molecule has 1 N–H and O–H groups in total. The van der Waals surface area contributed by atoms with Gasteiger partial charge < -0.3 is 54.2 Å². The van der Waals surface area contributed by atoms with E-state index < -0.39 is 58.3 Å². The average Bonchev–Trinajstić information content (AvgIpc) is 1.67. The van der Waals surface area contributed by atoms with Crippen molar-refractivity contribution in [2.24, 2.45) is 0 Å². The van der Waals surface area contributed by atoms with Crippen LogP contribution in [0.1, 0.15) is 103 Å². The number of methoxy groups -OCH3 is 2. The number of carbonyl (C=O) groups is 3. The van der Waals surface area contributed by atoms with Crippen LogP contribution in [0.4, 0.5) is 26.3 Å². The minimum absolute atomic E-state index is 0. The molecule has 518 valence electrons. The maximum atomic E-state index is 15.5. The number of hydrogen-bond acceptors (Lipinski definition) is 18. The Hall–Kier alpha value is -6.52. The molecule has 0 saturated heterocycles. The molecule has 6 heterocycles. The van der Waals surface area contributed by atoms with Crippen LogP contribution in [0.3, 0.4) is 0 Å². The predicted octanol–water partition coefficient (Wildman–Crippen LogP) is 7.11. The summed E-state index contributed by atoms with van der Waals surface area (Å²) in [4.78, 5) is 61.9. The predicted molar refractivity (Wildman–Crippen MR) is 353 cm³/mol. The molecule has 100 heavy (non-hydrogen) atoms. The molecular formula is C70H72BClF6K2N8O12. The number of hydrogen-bond donors (Lipinski definition) is 1. The molecule has 0 aliphatic rings. The Balaban J connectivity index is 0.000000377. The molecule has 0 unspecified atom stereocenters. The van der Waals surface area contributed by atoms with Crippen LogP contribution in [0.2, 0.25) is 18.8 Å². The monoisotopic (exact) mass is 1450 g/mol. The van der Waals surface area contributed by atoms with Crippen molar-refractivity contribution in [2.75, 3.05) is 27.4 Å². The molecule has 30 heteroatoms. The molecule has 0 aliphatic heterocycles. The van der Waals surface area contributed by atoms with Crippen LogP contribution in [0.15, 0.2) is 121 Å². The van der Waals surface area contributed by atoms with Gasteiger partial charge in [0.15, 0.2) is 0 Å². The number of ether oxygens (including phenoxy) is 6. The molecule has 0 spiro atoms. The van der Waals surface area contributed by atoms with Crippen LogP contribution < -0.4 is 118 Å². The summed E-state index contributed by atoms with van der Waals surface area (Å²) in [5.74, 6) is -3.92. The summed E-state index contributed by atoms with van der Waals surface area (Å²) in [7, 11) is 3.12. The summed E-state index contributed by atoms with van der Waals surface area (Å²) in [5, 5.41) is 16.5. The zero-order valence-electron chi connectivity index (χ0n) is 58.5. The van der Waals surface area contributed by atoms with Crippen molar-refractivity contribution >= 4 is 59.0 Å². The van der Waals surface area contributed by atoms with Crippen LogP contribution in [-0.2, 0) is 67.8 Å². The molecule has 6 aromatic heterocycles. The summed E-state index contributed by atoms with van der Waals surface area (Å²) in [5.41, 5.74) is 3.09. The number of pyridine rings is 4. The first-order valence-corrected chi connectivity index (χ1v) is 30.8. The molecule has 0 fully saturated rings. The number of nitrogens with zero attached hydrogens (tertiary/aromatic N) is 8. The molecule has 20 nitrogen and oxygen atoms in total. The van der Waals surface area contributed by atoms with Gasteiger partial charge in [-0.2, -0.15) is 8.78 Å². The Bertz CT molecular complexity index is 4180. The first-order chi connectivity index (χ1) is 46.5. The number of esters is 2. The standard InChI is InChI=1S/C34H33F3N4O4.C33H30ClF3N4O4.C2H7BO.CH2O3.2K.H/c1-20-9-10-22(32(37)38-20)19-44-31-8-6-7-27(40-31)24-18-25(35)23(15-26(24)36)17-30-39-28-12-11-21(33(42)45-34(2,3)4)16-29(28)41(30)13-14-43-5;1-33(2,3)45-32(42)19-8-10-26-27(15-19)41(12-13-43-4)29(38-26)16-21-14-24(36)22(17-23(21)35)25-6-5-7-30(39-25)44-18-20-9-11-28(34)40-31(20)37;1-3(2)4;2-1-4-3;;;/h6-12,15-16,18H,13-14,17,19H2,1-5H3;5-11,14-15,17H,12-13,16,18H2,1-4H3;4H,1-2H3;1,3H;;;/q;;;;2*+1;-1/p-1. The number of aromatic nitrogens is 8. The fourth-order valence-corrected chi connectivity index (χ4v) is 9.53. The van der Waals surface area contributed by atoms with E-state index >= 15 is 17.6 Å². The SMILES string of the molecule is CB(C)O.COCCn1c(Cc2cc(F)c(-c3cccc(OCc4ccc(C)nc4F)n3)cc2F)nc2ccc(C(=O)OC(C)(C)C)cc21.COCCn1c(Cc2cc(F)c(-c3cccc(OCc4ccc(Cl)nc4F)n3)cc2F)nc2ccc(C(=O)OC(C)(C)C)cc21.O=CO[O-].[H-].[K+].[K+]. The number of rotatable bonds is 21. The first kappa shape index (κ1) is 84.1. The van der Waals surface area contributed by atoms with E-state index in [9.17, 15) is 18.4 Å². The van der Waals surface area contributed by atoms with Crippen LogP contribution in [0, 0.1) is 42.1 Å². The number of fused-ring (bicyclic) bond motifs is 2. The average molecular weight is 1460 g/mol. The maximum absolute atomic E-state index is 15.5. The molecule has 0 bridgehead atoms. The summed E-state index contributed by atoms with van der Waals surface area (Å²) in [6.07, 6.45) is -0.0452. The third-order valence-electron chi connectivity index (χ3n) is 13.7. The van der Waals surface area contributed by atoms with Crippen molar-refractivity contribution in [3.8, 4) is 34.3 Å². The molecule has 10 aromatic rings. The van der Waals surface area contributed by atoms with E-state index in [1.165, 1.54) is 30.3 Å². The maximum Gasteiger partial charge on any atom is 1.00 e. The van der Waals surface area contributed by atoms with Gasteiger partial charge in [0.1, 0.15) is 64.5 Å². The van der Waals surface area contributed by atoms with Gasteiger partial charge in [-0.3, -0.25) is 4.79 Å². The van der Waals surface area contributed by atoms with Crippen molar-refractivity contribution in [2.45, 2.75) is 112 Å². The molecule has 4 aromatic carbocycles. The molecule has 0 aliphatic carbocycles. The number of halogens is 7. The van der Waals surface area contributed by atoms with Crippen molar-refractivity contribution in [1.82, 2.24) is 39.0 Å². The summed E-state index contributed by atoms with van der Waals surface area (Å²) in [6.45, 7) is 16.6. The van der Waals surface area contributed by atoms with Gasteiger partial charge in [0.25, 0.3) is 13.4 Å². The molecule has 0 amide bonds. The normalized spacial score (nSPS) is 11.0. The van der Waals surface area contributed by atoms with E-state index in [2.05, 4.69) is 34.8 Å². The largest absolute Gasteiger partial charge is 1.00 e. The number of benzene rings is 4. The van der Waals surface area contributed by atoms with Crippen molar-refractivity contribution in [3.05, 3.63) is 212 Å². The Labute approximate surface area is 665 Å². The topological polar surface area (TPSA) is 246 Å². The van der Waals surface area contributed by atoms with Gasteiger partial charge in [0.2, 0.25) is 23.7 Å². The van der Waals surface area contributed by atoms with Gasteiger partial charge in [-0.1, -0.05) is 37.4 Å². The zero-order chi connectivity index (χ0) is 71.6. The molecular weight excluding hydrogens is 1380 g/mol. The summed E-state index contributed by atoms with van der Waals surface area (Å²) in [6, 6.07) is 29.8. The minimum Gasteiger partial charge on any atom is -1.00 e. The fourth-order valence-electron chi connectivity index (χ4n) is 9.39.